The molecule has 0 saturated carbocycles. The first-order valence-corrected chi connectivity index (χ1v) is 5.75. The van der Waals surface area contributed by atoms with Gasteiger partial charge >= 0.3 is 5.97 Å². The van der Waals surface area contributed by atoms with Crippen LogP contribution in [-0.4, -0.2) is 37.9 Å². The third-order valence-corrected chi connectivity index (χ3v) is 2.67. The van der Waals surface area contributed by atoms with Crippen LogP contribution >= 0.6 is 12.4 Å². The van der Waals surface area contributed by atoms with Crippen LogP contribution in [0.5, 0.6) is 0 Å². The number of carbonyl (C=O) groups excluding carboxylic acids is 1. The number of aliphatic imine (C=N–C) groups is 1. The first kappa shape index (κ1) is 16.0. The number of hydrogen-bond donors (Lipinski definition) is 0. The largest absolute Gasteiger partial charge is 0.463 e. The van der Waals surface area contributed by atoms with E-state index in [0.29, 0.717) is 6.61 Å². The van der Waals surface area contributed by atoms with Gasteiger partial charge < -0.3 is 9.64 Å². The maximum Gasteiger partial charge on any atom is 0.335 e. The molecule has 0 aliphatic heterocycles. The normalized spacial score (nSPS) is 15.7. The molecule has 0 aromatic rings. The fourth-order valence-electron chi connectivity index (χ4n) is 1.96. The van der Waals surface area contributed by atoms with Crippen molar-refractivity contribution in [2.24, 2.45) is 4.99 Å². The second kappa shape index (κ2) is 8.12. The zero-order valence-electron chi connectivity index (χ0n) is 10.7. The number of rotatable bonds is 4. The molecule has 1 aliphatic rings. The van der Waals surface area contributed by atoms with Crippen molar-refractivity contribution in [3.8, 4) is 0 Å². The Kier molecular flexibility index (Phi) is 7.63. The Hall–Kier alpha value is -1.03. The maximum absolute atomic E-state index is 11.8. The smallest absolute Gasteiger partial charge is 0.335 e. The molecular formula is C12H21ClN2O2. The third kappa shape index (κ3) is 4.38. The van der Waals surface area contributed by atoms with Crippen LogP contribution in [0.15, 0.2) is 16.3 Å². The molecule has 0 aromatic carbocycles. The predicted octanol–water partition coefficient (Wildman–Crippen LogP) is 2.39. The van der Waals surface area contributed by atoms with E-state index < -0.39 is 0 Å². The van der Waals surface area contributed by atoms with E-state index in [1.165, 1.54) is 0 Å². The molecule has 0 bridgehead atoms. The minimum absolute atomic E-state index is 0. The van der Waals surface area contributed by atoms with Crippen LogP contribution in [0.2, 0.25) is 0 Å². The highest BCUT2D eigenvalue weighted by atomic mass is 35.5. The Labute approximate surface area is 109 Å². The quantitative estimate of drug-likeness (QED) is 0.443. The molecule has 17 heavy (non-hydrogen) atoms. The average molecular weight is 261 g/mol. The Bertz CT molecular complexity index is 314. The lowest BCUT2D eigenvalue weighted by atomic mass is 9.95. The molecule has 4 nitrogen and oxygen atoms in total. The van der Waals surface area contributed by atoms with E-state index in [1.54, 1.807) is 13.4 Å². The number of allylic oxidation sites excluding steroid dienone is 1. The molecule has 0 amide bonds. The van der Waals surface area contributed by atoms with Crippen molar-refractivity contribution in [1.82, 2.24) is 4.90 Å². The number of esters is 1. The van der Waals surface area contributed by atoms with E-state index >= 15 is 0 Å². The summed E-state index contributed by atoms with van der Waals surface area (Å²) in [7, 11) is 3.65. The Morgan fingerprint density at radius 3 is 2.71 bits per heavy atom. The molecule has 0 fully saturated rings. The van der Waals surface area contributed by atoms with Crippen molar-refractivity contribution >= 4 is 24.7 Å². The number of nitrogens with zero attached hydrogens (tertiary/aromatic N) is 2. The summed E-state index contributed by atoms with van der Waals surface area (Å²) in [6.45, 7) is 2.26. The van der Waals surface area contributed by atoms with Crippen molar-refractivity contribution < 1.29 is 9.53 Å². The van der Waals surface area contributed by atoms with Gasteiger partial charge in [-0.15, -0.1) is 12.4 Å². The van der Waals surface area contributed by atoms with Crippen LogP contribution < -0.4 is 0 Å². The van der Waals surface area contributed by atoms with Crippen LogP contribution in [0.25, 0.3) is 0 Å². The summed E-state index contributed by atoms with van der Waals surface area (Å²) in [6.07, 6.45) is 5.67. The van der Waals surface area contributed by atoms with Gasteiger partial charge in [0.15, 0.2) is 0 Å². The molecule has 0 unspecified atom stereocenters. The van der Waals surface area contributed by atoms with Crippen LogP contribution in [-0.2, 0) is 9.53 Å². The van der Waals surface area contributed by atoms with Crippen molar-refractivity contribution in [3.05, 3.63) is 11.3 Å². The Morgan fingerprint density at radius 2 is 2.12 bits per heavy atom. The van der Waals surface area contributed by atoms with Crippen LogP contribution in [0.3, 0.4) is 0 Å². The summed E-state index contributed by atoms with van der Waals surface area (Å²) in [5.41, 5.74) is 1.87. The molecule has 0 aromatic heterocycles. The first-order valence-electron chi connectivity index (χ1n) is 5.75. The number of carbonyl (C=O) groups is 1. The molecule has 0 spiro atoms. The molecular weight excluding hydrogens is 240 g/mol. The lowest BCUT2D eigenvalue weighted by Crippen LogP contribution is -2.23. The Morgan fingerprint density at radius 1 is 1.47 bits per heavy atom. The Balaban J connectivity index is 0.00000256. The summed E-state index contributed by atoms with van der Waals surface area (Å²) in [5.74, 6) is -0.173. The average Bonchev–Trinajstić information content (AvgIpc) is 2.30. The lowest BCUT2D eigenvalue weighted by Gasteiger charge is -2.25. The summed E-state index contributed by atoms with van der Waals surface area (Å²) < 4.78 is 5.07. The molecule has 0 N–H and O–H groups in total. The highest BCUT2D eigenvalue weighted by Crippen LogP contribution is 2.26. The monoisotopic (exact) mass is 260 g/mol. The standard InChI is InChI=1S/C12H20N2O2.ClH/c1-4-16-12(15)10-7-5-6-8-11(10)14(3)9-13-2;/h9H,4-8H2,1-3H3;1H/b13-9-;. The van der Waals surface area contributed by atoms with E-state index in [2.05, 4.69) is 4.99 Å². The number of halogens is 1. The highest BCUT2D eigenvalue weighted by Gasteiger charge is 2.21. The summed E-state index contributed by atoms with van der Waals surface area (Å²) >= 11 is 0. The molecule has 0 radical (unpaired) electrons. The summed E-state index contributed by atoms with van der Waals surface area (Å²) in [5, 5.41) is 0. The molecule has 1 aliphatic carbocycles. The van der Waals surface area contributed by atoms with Crippen LogP contribution in [0, 0.1) is 0 Å². The van der Waals surface area contributed by atoms with Crippen molar-refractivity contribution in [1.29, 1.82) is 0 Å². The van der Waals surface area contributed by atoms with Gasteiger partial charge in [0, 0.05) is 19.8 Å². The highest BCUT2D eigenvalue weighted by molar-refractivity contribution is 5.90. The molecule has 0 heterocycles. The molecule has 5 heteroatoms. The molecule has 0 saturated heterocycles. The topological polar surface area (TPSA) is 41.9 Å². The second-order valence-corrected chi connectivity index (χ2v) is 3.84. The van der Waals surface area contributed by atoms with Crippen LogP contribution in [0.4, 0.5) is 0 Å². The van der Waals surface area contributed by atoms with Gasteiger partial charge in [0.1, 0.15) is 0 Å². The summed E-state index contributed by atoms with van der Waals surface area (Å²) in [4.78, 5) is 17.7. The van der Waals surface area contributed by atoms with Gasteiger partial charge in [0.2, 0.25) is 0 Å². The van der Waals surface area contributed by atoms with Gasteiger partial charge in [0.05, 0.1) is 18.5 Å². The van der Waals surface area contributed by atoms with Gasteiger partial charge in [0.25, 0.3) is 0 Å². The van der Waals surface area contributed by atoms with Gasteiger partial charge in [-0.1, -0.05) is 0 Å². The summed E-state index contributed by atoms with van der Waals surface area (Å²) in [6, 6.07) is 0. The first-order chi connectivity index (χ1) is 7.70. The minimum atomic E-state index is -0.173. The van der Waals surface area contributed by atoms with Gasteiger partial charge in [-0.05, 0) is 32.6 Å². The van der Waals surface area contributed by atoms with E-state index in [0.717, 1.165) is 37.0 Å². The van der Waals surface area contributed by atoms with E-state index in [1.807, 2.05) is 18.9 Å². The molecule has 0 atom stereocenters. The fourth-order valence-corrected chi connectivity index (χ4v) is 1.96. The van der Waals surface area contributed by atoms with Crippen molar-refractivity contribution in [2.75, 3.05) is 20.7 Å². The maximum atomic E-state index is 11.8. The van der Waals surface area contributed by atoms with E-state index in [-0.39, 0.29) is 18.4 Å². The zero-order chi connectivity index (χ0) is 12.0. The third-order valence-electron chi connectivity index (χ3n) is 2.67. The number of hydrogen-bond acceptors (Lipinski definition) is 3. The fraction of sp³-hybridized carbons (Fsp3) is 0.667. The predicted molar refractivity (Wildman–Crippen MR) is 71.6 cm³/mol. The molecule has 1 rings (SSSR count). The van der Waals surface area contributed by atoms with Crippen LogP contribution in [0.1, 0.15) is 32.6 Å². The van der Waals surface area contributed by atoms with Gasteiger partial charge in [-0.3, -0.25) is 4.99 Å². The number of ether oxygens (including phenoxy) is 1. The zero-order valence-corrected chi connectivity index (χ0v) is 11.5. The minimum Gasteiger partial charge on any atom is -0.463 e. The van der Waals surface area contributed by atoms with E-state index in [9.17, 15) is 4.79 Å². The van der Waals surface area contributed by atoms with Crippen molar-refractivity contribution in [3.63, 3.8) is 0 Å². The lowest BCUT2D eigenvalue weighted by molar-refractivity contribution is -0.138. The van der Waals surface area contributed by atoms with Crippen molar-refractivity contribution in [2.45, 2.75) is 32.6 Å². The SMILES string of the molecule is CCOC(=O)C1=C(N(C)/C=N\C)CCCC1.Cl. The second-order valence-electron chi connectivity index (χ2n) is 3.84. The molecule has 98 valence electrons. The van der Waals surface area contributed by atoms with Gasteiger partial charge in [-0.2, -0.15) is 0 Å². The van der Waals surface area contributed by atoms with Gasteiger partial charge in [-0.25, -0.2) is 4.79 Å². The van der Waals surface area contributed by atoms with E-state index in [4.69, 9.17) is 4.74 Å².